The summed E-state index contributed by atoms with van der Waals surface area (Å²) in [5.41, 5.74) is 2.36. The standard InChI is InChI=1S/C16H16ClN3O4/c1-8-15-11(6-13(21)18-16(15)20(2)19-8)10-5-9(17)3-4-12(10)24-7-14(22)23/h3-5,11H,6-7H2,1-2H3,(H,18,21)(H,22,23). The average molecular weight is 350 g/mol. The zero-order chi connectivity index (χ0) is 17.4. The molecule has 1 aliphatic heterocycles. The molecule has 2 N–H and O–H groups in total. The lowest BCUT2D eigenvalue weighted by molar-refractivity contribution is -0.139. The monoisotopic (exact) mass is 349 g/mol. The predicted octanol–water partition coefficient (Wildman–Crippen LogP) is 2.32. The summed E-state index contributed by atoms with van der Waals surface area (Å²) in [5, 5.41) is 16.5. The SMILES string of the molecule is Cc1nn(C)c2c1C(c1cc(Cl)ccc1OCC(=O)O)CC(=O)N2. The number of nitrogens with zero attached hydrogens (tertiary/aromatic N) is 2. The quantitative estimate of drug-likeness (QED) is 0.883. The van der Waals surface area contributed by atoms with Crippen LogP contribution in [-0.4, -0.2) is 33.4 Å². The molecule has 2 aromatic rings. The number of hydrogen-bond acceptors (Lipinski definition) is 4. The lowest BCUT2D eigenvalue weighted by Crippen LogP contribution is -2.25. The molecule has 0 bridgehead atoms. The Morgan fingerprint density at radius 3 is 3.00 bits per heavy atom. The molecule has 1 aromatic carbocycles. The van der Waals surface area contributed by atoms with Gasteiger partial charge in [0, 0.05) is 35.5 Å². The molecular formula is C16H16ClN3O4. The van der Waals surface area contributed by atoms with E-state index < -0.39 is 12.6 Å². The number of aliphatic carboxylic acids is 1. The second-order valence-corrected chi connectivity index (χ2v) is 6.08. The van der Waals surface area contributed by atoms with Crippen molar-refractivity contribution in [1.29, 1.82) is 0 Å². The predicted molar refractivity (Wildman–Crippen MR) is 87.6 cm³/mol. The number of rotatable bonds is 4. The first kappa shape index (κ1) is 16.3. The van der Waals surface area contributed by atoms with Crippen LogP contribution in [0.25, 0.3) is 0 Å². The Bertz CT molecular complexity index is 831. The van der Waals surface area contributed by atoms with Crippen molar-refractivity contribution in [1.82, 2.24) is 9.78 Å². The summed E-state index contributed by atoms with van der Waals surface area (Å²) in [6, 6.07) is 4.96. The van der Waals surface area contributed by atoms with E-state index in [9.17, 15) is 9.59 Å². The maximum absolute atomic E-state index is 12.1. The molecule has 1 aromatic heterocycles. The third-order valence-electron chi connectivity index (χ3n) is 3.96. The van der Waals surface area contributed by atoms with Crippen molar-refractivity contribution in [2.24, 2.45) is 7.05 Å². The molecule has 0 aliphatic carbocycles. The summed E-state index contributed by atoms with van der Waals surface area (Å²) in [5.74, 6) is -0.478. The van der Waals surface area contributed by atoms with Gasteiger partial charge in [-0.1, -0.05) is 11.6 Å². The number of carbonyl (C=O) groups excluding carboxylic acids is 1. The van der Waals surface area contributed by atoms with Gasteiger partial charge in [-0.2, -0.15) is 5.10 Å². The highest BCUT2D eigenvalue weighted by atomic mass is 35.5. The van der Waals surface area contributed by atoms with E-state index in [0.29, 0.717) is 22.2 Å². The zero-order valence-electron chi connectivity index (χ0n) is 13.2. The van der Waals surface area contributed by atoms with Crippen molar-refractivity contribution < 1.29 is 19.4 Å². The van der Waals surface area contributed by atoms with Gasteiger partial charge < -0.3 is 15.2 Å². The van der Waals surface area contributed by atoms with Crippen molar-refractivity contribution in [3.8, 4) is 5.75 Å². The van der Waals surface area contributed by atoms with Gasteiger partial charge in [0.05, 0.1) is 5.69 Å². The fraction of sp³-hybridized carbons (Fsp3) is 0.312. The molecule has 1 aliphatic rings. The molecule has 1 unspecified atom stereocenters. The largest absolute Gasteiger partial charge is 0.482 e. The summed E-state index contributed by atoms with van der Waals surface area (Å²) < 4.78 is 7.01. The summed E-state index contributed by atoms with van der Waals surface area (Å²) in [6.45, 7) is 1.40. The van der Waals surface area contributed by atoms with Crippen molar-refractivity contribution in [2.75, 3.05) is 11.9 Å². The number of halogens is 1. The Balaban J connectivity index is 2.10. The highest BCUT2D eigenvalue weighted by molar-refractivity contribution is 6.30. The summed E-state index contributed by atoms with van der Waals surface area (Å²) in [7, 11) is 1.76. The number of anilines is 1. The molecule has 0 fully saturated rings. The molecule has 0 saturated carbocycles. The summed E-state index contributed by atoms with van der Waals surface area (Å²) in [6.07, 6.45) is 0.212. The van der Waals surface area contributed by atoms with Crippen LogP contribution in [0.5, 0.6) is 5.75 Å². The first-order valence-electron chi connectivity index (χ1n) is 7.34. The number of aryl methyl sites for hydroxylation is 2. The van der Waals surface area contributed by atoms with Gasteiger partial charge in [0.1, 0.15) is 11.6 Å². The number of carboxylic acid groups (broad SMARTS) is 1. The summed E-state index contributed by atoms with van der Waals surface area (Å²) >= 11 is 6.11. The Labute approximate surface area is 143 Å². The van der Waals surface area contributed by atoms with E-state index in [1.54, 1.807) is 29.9 Å². The normalized spacial score (nSPS) is 16.5. The molecule has 1 atom stereocenters. The number of hydrogen-bond donors (Lipinski definition) is 2. The molecule has 24 heavy (non-hydrogen) atoms. The lowest BCUT2D eigenvalue weighted by atomic mass is 9.85. The van der Waals surface area contributed by atoms with Crippen LogP contribution >= 0.6 is 11.6 Å². The number of ether oxygens (including phenoxy) is 1. The molecule has 1 amide bonds. The highest BCUT2D eigenvalue weighted by Gasteiger charge is 2.33. The second kappa shape index (κ2) is 6.16. The Morgan fingerprint density at radius 2 is 2.29 bits per heavy atom. The Kier molecular flexibility index (Phi) is 4.19. The van der Waals surface area contributed by atoms with Gasteiger partial charge in [0.2, 0.25) is 5.91 Å². The highest BCUT2D eigenvalue weighted by Crippen LogP contribution is 2.42. The molecule has 0 radical (unpaired) electrons. The fourth-order valence-corrected chi connectivity index (χ4v) is 3.22. The first-order chi connectivity index (χ1) is 11.4. The van der Waals surface area contributed by atoms with Crippen LogP contribution < -0.4 is 10.1 Å². The van der Waals surface area contributed by atoms with Crippen molar-refractivity contribution in [2.45, 2.75) is 19.3 Å². The van der Waals surface area contributed by atoms with E-state index >= 15 is 0 Å². The van der Waals surface area contributed by atoms with Gasteiger partial charge >= 0.3 is 5.97 Å². The Hall–Kier alpha value is -2.54. The topological polar surface area (TPSA) is 93.5 Å². The third-order valence-corrected chi connectivity index (χ3v) is 4.20. The number of carboxylic acids is 1. The van der Waals surface area contributed by atoms with Crippen molar-refractivity contribution in [3.05, 3.63) is 40.0 Å². The minimum Gasteiger partial charge on any atom is -0.482 e. The van der Waals surface area contributed by atoms with Gasteiger partial charge in [-0.25, -0.2) is 4.79 Å². The molecule has 126 valence electrons. The maximum Gasteiger partial charge on any atom is 0.341 e. The average Bonchev–Trinajstić information content (AvgIpc) is 2.79. The third kappa shape index (κ3) is 2.94. The van der Waals surface area contributed by atoms with Crippen LogP contribution in [0.4, 0.5) is 5.82 Å². The molecule has 3 rings (SSSR count). The van der Waals surface area contributed by atoms with Crippen molar-refractivity contribution in [3.63, 3.8) is 0 Å². The number of fused-ring (bicyclic) bond motifs is 1. The lowest BCUT2D eigenvalue weighted by Gasteiger charge is -2.25. The van der Waals surface area contributed by atoms with E-state index in [1.165, 1.54) is 0 Å². The molecule has 0 spiro atoms. The van der Waals surface area contributed by atoms with Crippen LogP contribution in [-0.2, 0) is 16.6 Å². The van der Waals surface area contributed by atoms with Crippen LogP contribution in [0.3, 0.4) is 0 Å². The van der Waals surface area contributed by atoms with E-state index in [1.807, 2.05) is 6.92 Å². The fourth-order valence-electron chi connectivity index (χ4n) is 3.04. The van der Waals surface area contributed by atoms with Gasteiger partial charge in [0.15, 0.2) is 6.61 Å². The van der Waals surface area contributed by atoms with Crippen molar-refractivity contribution >= 4 is 29.3 Å². The van der Waals surface area contributed by atoms with Crippen LogP contribution in [0, 0.1) is 6.92 Å². The van der Waals surface area contributed by atoms with E-state index in [2.05, 4.69) is 10.4 Å². The van der Waals surface area contributed by atoms with E-state index in [-0.39, 0.29) is 18.2 Å². The molecule has 8 heteroatoms. The van der Waals surface area contributed by atoms with E-state index in [4.69, 9.17) is 21.4 Å². The minimum atomic E-state index is -1.07. The summed E-state index contributed by atoms with van der Waals surface area (Å²) in [4.78, 5) is 22.9. The first-order valence-corrected chi connectivity index (χ1v) is 7.72. The number of benzene rings is 1. The number of amides is 1. The molecule has 7 nitrogen and oxygen atoms in total. The van der Waals surface area contributed by atoms with Gasteiger partial charge in [0.25, 0.3) is 0 Å². The minimum absolute atomic E-state index is 0.139. The zero-order valence-corrected chi connectivity index (χ0v) is 13.9. The van der Waals surface area contributed by atoms with Gasteiger partial charge in [-0.15, -0.1) is 0 Å². The van der Waals surface area contributed by atoms with Crippen LogP contribution in [0.2, 0.25) is 5.02 Å². The van der Waals surface area contributed by atoms with Crippen LogP contribution in [0.1, 0.15) is 29.2 Å². The number of carbonyl (C=O) groups is 2. The van der Waals surface area contributed by atoms with Crippen LogP contribution in [0.15, 0.2) is 18.2 Å². The molecule has 0 saturated heterocycles. The van der Waals surface area contributed by atoms with E-state index in [0.717, 1.165) is 11.3 Å². The molecular weight excluding hydrogens is 334 g/mol. The number of nitrogens with one attached hydrogen (secondary N) is 1. The second-order valence-electron chi connectivity index (χ2n) is 5.64. The molecule has 2 heterocycles. The van der Waals surface area contributed by atoms with Gasteiger partial charge in [-0.3, -0.25) is 9.48 Å². The maximum atomic E-state index is 12.1. The smallest absolute Gasteiger partial charge is 0.341 e. The Morgan fingerprint density at radius 1 is 1.54 bits per heavy atom. The number of aromatic nitrogens is 2. The van der Waals surface area contributed by atoms with Gasteiger partial charge in [-0.05, 0) is 25.1 Å².